The quantitative estimate of drug-likeness (QED) is 0.863. The Labute approximate surface area is 122 Å². The normalized spacial score (nSPS) is 20.9. The van der Waals surface area contributed by atoms with Crippen molar-refractivity contribution < 1.29 is 19.4 Å². The van der Waals surface area contributed by atoms with Gasteiger partial charge in [0.05, 0.1) is 11.3 Å². The second-order valence-electron chi connectivity index (χ2n) is 5.38. The van der Waals surface area contributed by atoms with Gasteiger partial charge >= 0.3 is 5.97 Å². The van der Waals surface area contributed by atoms with Crippen LogP contribution in [0.3, 0.4) is 0 Å². The Balaban J connectivity index is 1.91. The lowest BCUT2D eigenvalue weighted by Crippen LogP contribution is -2.34. The molecular weight excluding hydrogens is 270 g/mol. The lowest BCUT2D eigenvalue weighted by molar-refractivity contribution is -0.131. The van der Waals surface area contributed by atoms with Gasteiger partial charge in [-0.05, 0) is 24.8 Å². The van der Waals surface area contributed by atoms with Crippen molar-refractivity contribution in [3.05, 3.63) is 35.9 Å². The van der Waals surface area contributed by atoms with Crippen LogP contribution in [0.2, 0.25) is 0 Å². The lowest BCUT2D eigenvalue weighted by atomic mass is 10.00. The Morgan fingerprint density at radius 2 is 2.05 bits per heavy atom. The van der Waals surface area contributed by atoms with Gasteiger partial charge in [-0.1, -0.05) is 18.2 Å². The summed E-state index contributed by atoms with van der Waals surface area (Å²) in [5, 5.41) is 8.96. The minimum absolute atomic E-state index is 0.218. The van der Waals surface area contributed by atoms with E-state index in [-0.39, 0.29) is 11.5 Å². The number of carbonyl (C=O) groups is 2. The van der Waals surface area contributed by atoms with Gasteiger partial charge in [0.15, 0.2) is 0 Å². The van der Waals surface area contributed by atoms with Gasteiger partial charge in [0, 0.05) is 31.4 Å². The average Bonchev–Trinajstić information content (AvgIpc) is 2.74. The molecule has 0 saturated carbocycles. The maximum atomic E-state index is 12.5. The van der Waals surface area contributed by atoms with Crippen LogP contribution in [0.25, 0.3) is 5.57 Å². The predicted octanol–water partition coefficient (Wildman–Crippen LogP) is 1.93. The van der Waals surface area contributed by atoms with Crippen molar-refractivity contribution in [3.63, 3.8) is 0 Å². The molecule has 5 nitrogen and oxygen atoms in total. The highest BCUT2D eigenvalue weighted by Crippen LogP contribution is 2.37. The van der Waals surface area contributed by atoms with Crippen LogP contribution in [0.15, 0.2) is 30.3 Å². The van der Waals surface area contributed by atoms with Crippen LogP contribution in [-0.4, -0.2) is 36.7 Å². The van der Waals surface area contributed by atoms with Gasteiger partial charge in [-0.25, -0.2) is 4.79 Å². The number of anilines is 1. The average molecular weight is 287 g/mol. The van der Waals surface area contributed by atoms with Gasteiger partial charge in [0.1, 0.15) is 0 Å². The second kappa shape index (κ2) is 5.69. The van der Waals surface area contributed by atoms with Crippen molar-refractivity contribution >= 4 is 23.1 Å². The number of fused-ring (bicyclic) bond motifs is 1. The minimum atomic E-state index is -1.10. The summed E-state index contributed by atoms with van der Waals surface area (Å²) in [7, 11) is 0. The third-order valence-corrected chi connectivity index (χ3v) is 4.01. The number of carboxylic acid groups (broad SMARTS) is 1. The first-order chi connectivity index (χ1) is 10.2. The first-order valence-electron chi connectivity index (χ1n) is 7.10. The number of carbonyl (C=O) groups excluding carboxylic acids is 1. The Hall–Kier alpha value is -2.14. The number of rotatable bonds is 3. The molecule has 1 saturated heterocycles. The van der Waals surface area contributed by atoms with Crippen molar-refractivity contribution in [2.45, 2.75) is 12.8 Å². The van der Waals surface area contributed by atoms with E-state index >= 15 is 0 Å². The van der Waals surface area contributed by atoms with E-state index in [1.807, 2.05) is 18.2 Å². The van der Waals surface area contributed by atoms with Gasteiger partial charge in [0.25, 0.3) is 5.91 Å². The highest BCUT2D eigenvalue weighted by molar-refractivity contribution is 6.34. The molecule has 110 valence electrons. The van der Waals surface area contributed by atoms with E-state index in [0.29, 0.717) is 18.0 Å². The SMILES string of the molecule is O=C(O)C=C1C(=O)N(CC2CCOCC2)c2ccccc21. The number of benzene rings is 1. The topological polar surface area (TPSA) is 66.8 Å². The van der Waals surface area contributed by atoms with Crippen LogP contribution < -0.4 is 4.90 Å². The molecule has 21 heavy (non-hydrogen) atoms. The number of amides is 1. The van der Waals surface area contributed by atoms with E-state index in [0.717, 1.165) is 37.8 Å². The molecule has 2 aliphatic heterocycles. The fourth-order valence-corrected chi connectivity index (χ4v) is 2.94. The number of para-hydroxylation sites is 1. The standard InChI is InChI=1S/C16H17NO4/c18-15(19)9-13-12-3-1-2-4-14(12)17(16(13)20)10-11-5-7-21-8-6-11/h1-4,9,11H,5-8,10H2,(H,18,19). The van der Waals surface area contributed by atoms with Gasteiger partial charge in [0.2, 0.25) is 0 Å². The van der Waals surface area contributed by atoms with Crippen molar-refractivity contribution in [2.75, 3.05) is 24.7 Å². The summed E-state index contributed by atoms with van der Waals surface area (Å²) in [6, 6.07) is 7.35. The highest BCUT2D eigenvalue weighted by Gasteiger charge is 2.34. The summed E-state index contributed by atoms with van der Waals surface area (Å²) >= 11 is 0. The van der Waals surface area contributed by atoms with E-state index in [2.05, 4.69) is 0 Å². The Morgan fingerprint density at radius 1 is 1.33 bits per heavy atom. The van der Waals surface area contributed by atoms with Gasteiger partial charge in [-0.2, -0.15) is 0 Å². The number of carboxylic acids is 1. The van der Waals surface area contributed by atoms with Crippen molar-refractivity contribution in [2.24, 2.45) is 5.92 Å². The number of hydrogen-bond acceptors (Lipinski definition) is 3. The number of ether oxygens (including phenoxy) is 1. The molecule has 0 spiro atoms. The third-order valence-electron chi connectivity index (χ3n) is 4.01. The summed E-state index contributed by atoms with van der Waals surface area (Å²) in [4.78, 5) is 25.2. The molecule has 0 unspecified atom stereocenters. The van der Waals surface area contributed by atoms with Crippen molar-refractivity contribution in [3.8, 4) is 0 Å². The van der Waals surface area contributed by atoms with Crippen LogP contribution in [0, 0.1) is 5.92 Å². The Bertz CT molecular complexity index is 602. The molecule has 1 amide bonds. The number of aliphatic carboxylic acids is 1. The smallest absolute Gasteiger partial charge is 0.329 e. The largest absolute Gasteiger partial charge is 0.478 e. The van der Waals surface area contributed by atoms with Crippen LogP contribution in [0.5, 0.6) is 0 Å². The maximum Gasteiger partial charge on any atom is 0.329 e. The van der Waals surface area contributed by atoms with Crippen LogP contribution >= 0.6 is 0 Å². The fourth-order valence-electron chi connectivity index (χ4n) is 2.94. The first kappa shape index (κ1) is 13.8. The van der Waals surface area contributed by atoms with Crippen molar-refractivity contribution in [1.29, 1.82) is 0 Å². The summed E-state index contributed by atoms with van der Waals surface area (Å²) in [6.07, 6.45) is 2.87. The molecular formula is C16H17NO4. The molecule has 2 heterocycles. The second-order valence-corrected chi connectivity index (χ2v) is 5.38. The molecule has 3 rings (SSSR count). The van der Waals surface area contributed by atoms with Gasteiger partial charge in [-0.3, -0.25) is 4.79 Å². The molecule has 0 radical (unpaired) electrons. The van der Waals surface area contributed by atoms with E-state index in [4.69, 9.17) is 9.84 Å². The molecule has 5 heteroatoms. The van der Waals surface area contributed by atoms with Crippen molar-refractivity contribution in [1.82, 2.24) is 0 Å². The zero-order chi connectivity index (χ0) is 14.8. The summed E-state index contributed by atoms with van der Waals surface area (Å²) in [5.41, 5.74) is 1.78. The molecule has 2 aliphatic rings. The molecule has 1 aromatic rings. The number of nitrogens with zero attached hydrogens (tertiary/aromatic N) is 1. The molecule has 1 N–H and O–H groups in total. The minimum Gasteiger partial charge on any atom is -0.478 e. The first-order valence-corrected chi connectivity index (χ1v) is 7.10. The van der Waals surface area contributed by atoms with Gasteiger partial charge < -0.3 is 14.7 Å². The van der Waals surface area contributed by atoms with E-state index < -0.39 is 5.97 Å². The maximum absolute atomic E-state index is 12.5. The molecule has 1 fully saturated rings. The van der Waals surface area contributed by atoms with Crippen LogP contribution in [-0.2, 0) is 14.3 Å². The van der Waals surface area contributed by atoms with E-state index in [9.17, 15) is 9.59 Å². The lowest BCUT2D eigenvalue weighted by Gasteiger charge is -2.27. The molecule has 0 aliphatic carbocycles. The molecule has 1 aromatic carbocycles. The summed E-state index contributed by atoms with van der Waals surface area (Å²) < 4.78 is 5.34. The summed E-state index contributed by atoms with van der Waals surface area (Å²) in [6.45, 7) is 2.08. The fraction of sp³-hybridized carbons (Fsp3) is 0.375. The zero-order valence-electron chi connectivity index (χ0n) is 11.6. The molecule has 0 atom stereocenters. The van der Waals surface area contributed by atoms with Gasteiger partial charge in [-0.15, -0.1) is 0 Å². The molecule has 0 bridgehead atoms. The zero-order valence-corrected chi connectivity index (χ0v) is 11.6. The highest BCUT2D eigenvalue weighted by atomic mass is 16.5. The Kier molecular flexibility index (Phi) is 3.75. The van der Waals surface area contributed by atoms with Crippen LogP contribution in [0.1, 0.15) is 18.4 Å². The summed E-state index contributed by atoms with van der Waals surface area (Å²) in [5.74, 6) is -0.911. The van der Waals surface area contributed by atoms with Crippen LogP contribution in [0.4, 0.5) is 5.69 Å². The van der Waals surface area contributed by atoms with E-state index in [1.54, 1.807) is 11.0 Å². The van der Waals surface area contributed by atoms with E-state index in [1.165, 1.54) is 0 Å². The number of hydrogen-bond donors (Lipinski definition) is 1. The third kappa shape index (κ3) is 2.69. The Morgan fingerprint density at radius 3 is 2.76 bits per heavy atom. The predicted molar refractivity (Wildman–Crippen MR) is 78.0 cm³/mol. The monoisotopic (exact) mass is 287 g/mol. The molecule has 0 aromatic heterocycles.